The summed E-state index contributed by atoms with van der Waals surface area (Å²) in [5.41, 5.74) is 4.64. The van der Waals surface area contributed by atoms with Crippen LogP contribution in [0, 0.1) is 12.8 Å². The molecule has 4 heteroatoms. The van der Waals surface area contributed by atoms with Crippen molar-refractivity contribution < 1.29 is 4.84 Å². The normalized spacial score (nSPS) is 24.0. The number of aryl methyl sites for hydroxylation is 1. The summed E-state index contributed by atoms with van der Waals surface area (Å²) < 4.78 is 0. The predicted molar refractivity (Wildman–Crippen MR) is 85.6 cm³/mol. The molecule has 22 heavy (non-hydrogen) atoms. The number of rotatable bonds is 3. The standard InChI is InChI=1S/C18H19N3O/c1-13-5-7-14(8-6-13)18-16-11-21(12-17(16)22-20-18)10-15-4-2-3-9-19-15/h2-9,16-17H,10-12H2,1H3. The van der Waals surface area contributed by atoms with Crippen LogP contribution in [0.15, 0.2) is 53.8 Å². The third-order valence-electron chi connectivity index (χ3n) is 4.44. The van der Waals surface area contributed by atoms with E-state index in [4.69, 9.17) is 4.84 Å². The van der Waals surface area contributed by atoms with E-state index in [1.165, 1.54) is 11.1 Å². The number of hydrogen-bond donors (Lipinski definition) is 0. The van der Waals surface area contributed by atoms with E-state index in [9.17, 15) is 0 Å². The largest absolute Gasteiger partial charge is 0.390 e. The van der Waals surface area contributed by atoms with Gasteiger partial charge in [-0.3, -0.25) is 9.88 Å². The Morgan fingerprint density at radius 2 is 2.00 bits per heavy atom. The van der Waals surface area contributed by atoms with Crippen LogP contribution in [0.5, 0.6) is 0 Å². The zero-order valence-electron chi connectivity index (χ0n) is 12.6. The van der Waals surface area contributed by atoms with Gasteiger partial charge in [0.05, 0.1) is 17.3 Å². The molecule has 0 spiro atoms. The van der Waals surface area contributed by atoms with E-state index in [-0.39, 0.29) is 6.10 Å². The maximum absolute atomic E-state index is 5.67. The lowest BCUT2D eigenvalue weighted by Crippen LogP contribution is -2.23. The summed E-state index contributed by atoms with van der Waals surface area (Å²) in [6.45, 7) is 4.87. The fourth-order valence-electron chi connectivity index (χ4n) is 3.25. The molecule has 0 N–H and O–H groups in total. The monoisotopic (exact) mass is 293 g/mol. The van der Waals surface area contributed by atoms with E-state index in [0.717, 1.165) is 31.0 Å². The Hall–Kier alpha value is -2.20. The number of oxime groups is 1. The summed E-state index contributed by atoms with van der Waals surface area (Å²) in [4.78, 5) is 12.5. The van der Waals surface area contributed by atoms with Gasteiger partial charge in [-0.25, -0.2) is 0 Å². The average molecular weight is 293 g/mol. The molecule has 4 nitrogen and oxygen atoms in total. The summed E-state index contributed by atoms with van der Waals surface area (Å²) in [5, 5.41) is 4.34. The first-order valence-corrected chi connectivity index (χ1v) is 7.72. The number of fused-ring (bicyclic) bond motifs is 1. The number of benzene rings is 1. The number of likely N-dealkylation sites (tertiary alicyclic amines) is 1. The van der Waals surface area contributed by atoms with Crippen LogP contribution in [0.2, 0.25) is 0 Å². The van der Waals surface area contributed by atoms with Crippen molar-refractivity contribution >= 4 is 5.71 Å². The molecule has 4 rings (SSSR count). The summed E-state index contributed by atoms with van der Waals surface area (Å²) in [6.07, 6.45) is 2.03. The van der Waals surface area contributed by atoms with E-state index < -0.39 is 0 Å². The summed E-state index contributed by atoms with van der Waals surface area (Å²) in [6, 6.07) is 14.6. The van der Waals surface area contributed by atoms with Gasteiger partial charge in [-0.2, -0.15) is 0 Å². The molecule has 0 aliphatic carbocycles. The highest BCUT2D eigenvalue weighted by Gasteiger charge is 2.42. The minimum absolute atomic E-state index is 0.181. The molecule has 2 aliphatic rings. The zero-order valence-corrected chi connectivity index (χ0v) is 12.6. The quantitative estimate of drug-likeness (QED) is 0.873. The lowest BCUT2D eigenvalue weighted by molar-refractivity contribution is 0.0744. The first kappa shape index (κ1) is 13.5. The highest BCUT2D eigenvalue weighted by atomic mass is 16.6. The Bertz CT molecular complexity index is 681. The highest BCUT2D eigenvalue weighted by molar-refractivity contribution is 6.03. The van der Waals surface area contributed by atoms with Gasteiger partial charge in [0.15, 0.2) is 0 Å². The van der Waals surface area contributed by atoms with Crippen molar-refractivity contribution in [1.82, 2.24) is 9.88 Å². The number of nitrogens with zero attached hydrogens (tertiary/aromatic N) is 3. The highest BCUT2D eigenvalue weighted by Crippen LogP contribution is 2.30. The van der Waals surface area contributed by atoms with Crippen LogP contribution in [-0.2, 0) is 11.4 Å². The molecule has 112 valence electrons. The van der Waals surface area contributed by atoms with Crippen LogP contribution in [0.3, 0.4) is 0 Å². The van der Waals surface area contributed by atoms with Crippen molar-refractivity contribution in [3.8, 4) is 0 Å². The number of aromatic nitrogens is 1. The van der Waals surface area contributed by atoms with Crippen molar-refractivity contribution in [1.29, 1.82) is 0 Å². The van der Waals surface area contributed by atoms with Crippen molar-refractivity contribution in [2.24, 2.45) is 11.1 Å². The topological polar surface area (TPSA) is 37.7 Å². The molecule has 1 saturated heterocycles. The number of hydrogen-bond acceptors (Lipinski definition) is 4. The van der Waals surface area contributed by atoms with Gasteiger partial charge < -0.3 is 4.84 Å². The zero-order chi connectivity index (χ0) is 14.9. The Morgan fingerprint density at radius 1 is 1.14 bits per heavy atom. The van der Waals surface area contributed by atoms with Gasteiger partial charge in [0.1, 0.15) is 6.10 Å². The van der Waals surface area contributed by atoms with Gasteiger partial charge >= 0.3 is 0 Å². The van der Waals surface area contributed by atoms with Crippen LogP contribution in [-0.4, -0.2) is 34.8 Å². The lowest BCUT2D eigenvalue weighted by atomic mass is 9.94. The van der Waals surface area contributed by atoms with Crippen LogP contribution in [0.25, 0.3) is 0 Å². The molecule has 0 amide bonds. The minimum Gasteiger partial charge on any atom is -0.390 e. The molecule has 1 fully saturated rings. The number of pyridine rings is 1. The van der Waals surface area contributed by atoms with Crippen molar-refractivity contribution in [3.05, 3.63) is 65.5 Å². The molecule has 0 saturated carbocycles. The van der Waals surface area contributed by atoms with Gasteiger partial charge in [-0.15, -0.1) is 0 Å². The lowest BCUT2D eigenvalue weighted by Gasteiger charge is -2.15. The van der Waals surface area contributed by atoms with Gasteiger partial charge in [-0.05, 0) is 24.6 Å². The van der Waals surface area contributed by atoms with Crippen LogP contribution >= 0.6 is 0 Å². The molecule has 0 radical (unpaired) electrons. The van der Waals surface area contributed by atoms with Gasteiger partial charge in [0.25, 0.3) is 0 Å². The van der Waals surface area contributed by atoms with E-state index in [1.54, 1.807) is 0 Å². The van der Waals surface area contributed by atoms with E-state index in [2.05, 4.69) is 52.3 Å². The third kappa shape index (κ3) is 2.50. The summed E-state index contributed by atoms with van der Waals surface area (Å²) >= 11 is 0. The fourth-order valence-corrected chi connectivity index (χ4v) is 3.25. The molecule has 1 aromatic heterocycles. The minimum atomic E-state index is 0.181. The summed E-state index contributed by atoms with van der Waals surface area (Å²) in [5.74, 6) is 0.367. The van der Waals surface area contributed by atoms with Crippen LogP contribution < -0.4 is 0 Å². The first-order chi connectivity index (χ1) is 10.8. The van der Waals surface area contributed by atoms with Crippen LogP contribution in [0.4, 0.5) is 0 Å². The second-order valence-corrected chi connectivity index (χ2v) is 6.11. The predicted octanol–water partition coefficient (Wildman–Crippen LogP) is 2.62. The molecule has 3 heterocycles. The van der Waals surface area contributed by atoms with Crippen molar-refractivity contribution in [2.45, 2.75) is 19.6 Å². The molecule has 1 aromatic carbocycles. The molecule has 0 bridgehead atoms. The second kappa shape index (κ2) is 5.54. The Kier molecular flexibility index (Phi) is 3.39. The average Bonchev–Trinajstić information content (AvgIpc) is 3.09. The van der Waals surface area contributed by atoms with Crippen molar-refractivity contribution in [2.75, 3.05) is 13.1 Å². The van der Waals surface area contributed by atoms with Gasteiger partial charge in [-0.1, -0.05) is 41.1 Å². The summed E-state index contributed by atoms with van der Waals surface area (Å²) in [7, 11) is 0. The molecule has 2 atom stereocenters. The van der Waals surface area contributed by atoms with Crippen LogP contribution in [0.1, 0.15) is 16.8 Å². The Balaban J connectivity index is 1.48. The van der Waals surface area contributed by atoms with E-state index >= 15 is 0 Å². The Labute approximate surface area is 130 Å². The van der Waals surface area contributed by atoms with Gasteiger partial charge in [0, 0.05) is 25.8 Å². The third-order valence-corrected chi connectivity index (χ3v) is 4.44. The SMILES string of the molecule is Cc1ccc(C2=NOC3CN(Cc4ccccn4)CC23)cc1. The fraction of sp³-hybridized carbons (Fsp3) is 0.333. The Morgan fingerprint density at radius 3 is 2.77 bits per heavy atom. The molecule has 2 aromatic rings. The van der Waals surface area contributed by atoms with E-state index in [0.29, 0.717) is 5.92 Å². The van der Waals surface area contributed by atoms with Crippen molar-refractivity contribution in [3.63, 3.8) is 0 Å². The maximum atomic E-state index is 5.67. The van der Waals surface area contributed by atoms with E-state index in [1.807, 2.05) is 18.3 Å². The molecular formula is C18H19N3O. The maximum Gasteiger partial charge on any atom is 0.149 e. The molecule has 2 aliphatic heterocycles. The molecular weight excluding hydrogens is 274 g/mol. The smallest absolute Gasteiger partial charge is 0.149 e. The first-order valence-electron chi connectivity index (χ1n) is 7.72. The molecule has 2 unspecified atom stereocenters. The second-order valence-electron chi connectivity index (χ2n) is 6.11. The van der Waals surface area contributed by atoms with Gasteiger partial charge in [0.2, 0.25) is 0 Å².